The Hall–Kier alpha value is -1.73. The maximum Gasteiger partial charge on any atom is 0.220 e. The fourth-order valence-electron chi connectivity index (χ4n) is 10.6. The quantitative estimate of drug-likeness (QED) is 0.0248. The van der Waals surface area contributed by atoms with Crippen LogP contribution in [0.5, 0.6) is 0 Å². The molecule has 3 heterocycles. The summed E-state index contributed by atoms with van der Waals surface area (Å²) >= 11 is 0. The number of unbranched alkanes of at least 4 members (excludes halogenated alkanes) is 28. The van der Waals surface area contributed by atoms with Crippen LogP contribution in [0.25, 0.3) is 0 Å². The van der Waals surface area contributed by atoms with E-state index in [1.54, 1.807) is 6.08 Å². The highest BCUT2D eigenvalue weighted by Gasteiger charge is 2.53. The van der Waals surface area contributed by atoms with Crippen molar-refractivity contribution in [1.29, 1.82) is 0 Å². The third-order valence-corrected chi connectivity index (χ3v) is 15.7. The highest BCUT2D eigenvalue weighted by Crippen LogP contribution is 2.33. The van der Waals surface area contributed by atoms with Gasteiger partial charge >= 0.3 is 0 Å². The number of amides is 1. The zero-order valence-electron chi connectivity index (χ0n) is 48.4. The molecule has 3 aliphatic rings. The molecular weight excluding hydrogens is 1020 g/mol. The van der Waals surface area contributed by atoms with Gasteiger partial charge in [0.15, 0.2) is 18.9 Å². The topological polar surface area (TPSA) is 307 Å². The predicted molar refractivity (Wildman–Crippen MR) is 300 cm³/mol. The third kappa shape index (κ3) is 27.7. The van der Waals surface area contributed by atoms with Crippen molar-refractivity contribution in [3.05, 3.63) is 24.3 Å². The molecule has 3 saturated heterocycles. The van der Waals surface area contributed by atoms with E-state index >= 15 is 0 Å². The van der Waals surface area contributed by atoms with Gasteiger partial charge in [-0.3, -0.25) is 4.79 Å². The van der Waals surface area contributed by atoms with Crippen molar-refractivity contribution in [2.75, 3.05) is 26.4 Å². The standard InChI is InChI=1S/C60H111NO18/c1-3-5-7-9-11-13-15-17-18-19-20-21-22-23-24-25-26-27-29-31-33-35-37-44(65)43(61-48(66)38-36-34-32-30-28-16-14-12-10-8-6-4-2)42-74-58-54(72)51(69)56(46(40-63)76-58)79-60-55(73)52(70)57(47(41-64)77-60)78-59-53(71)50(68)49(67)45(39-62)75-59/h12,14,35,37,43-47,49-60,62-65,67-73H,3-11,13,15-34,36,38-42H2,1-2H3,(H,61,66)/b14-12-,37-35+. The molecule has 0 saturated carbocycles. The molecule has 17 atom stereocenters. The largest absolute Gasteiger partial charge is 0.394 e. The van der Waals surface area contributed by atoms with Crippen molar-refractivity contribution in [2.24, 2.45) is 0 Å². The van der Waals surface area contributed by atoms with Gasteiger partial charge in [0.25, 0.3) is 0 Å². The van der Waals surface area contributed by atoms with Crippen LogP contribution in [0.2, 0.25) is 0 Å². The molecule has 0 radical (unpaired) electrons. The van der Waals surface area contributed by atoms with Gasteiger partial charge in [0.2, 0.25) is 5.91 Å². The van der Waals surface area contributed by atoms with Crippen LogP contribution in [-0.4, -0.2) is 193 Å². The fourth-order valence-corrected chi connectivity index (χ4v) is 10.6. The Bertz CT molecular complexity index is 1540. The molecule has 79 heavy (non-hydrogen) atoms. The number of hydrogen-bond donors (Lipinski definition) is 12. The van der Waals surface area contributed by atoms with E-state index in [0.717, 1.165) is 64.2 Å². The second-order valence-electron chi connectivity index (χ2n) is 22.5. The summed E-state index contributed by atoms with van der Waals surface area (Å²) in [6, 6.07) is -0.974. The summed E-state index contributed by atoms with van der Waals surface area (Å²) in [5.74, 6) is -0.285. The van der Waals surface area contributed by atoms with Crippen LogP contribution in [0.15, 0.2) is 24.3 Å². The van der Waals surface area contributed by atoms with Crippen molar-refractivity contribution in [3.63, 3.8) is 0 Å². The summed E-state index contributed by atoms with van der Waals surface area (Å²) in [4.78, 5) is 13.3. The molecule has 0 aromatic carbocycles. The van der Waals surface area contributed by atoms with Gasteiger partial charge in [-0.25, -0.2) is 0 Å². The maximum atomic E-state index is 13.3. The fraction of sp³-hybridized carbons (Fsp3) is 0.917. The lowest BCUT2D eigenvalue weighted by molar-refractivity contribution is -0.379. The molecule has 19 heteroatoms. The van der Waals surface area contributed by atoms with Crippen molar-refractivity contribution >= 4 is 5.91 Å². The first-order valence-electron chi connectivity index (χ1n) is 31.1. The van der Waals surface area contributed by atoms with E-state index in [4.69, 9.17) is 28.4 Å². The number of aliphatic hydroxyl groups excluding tert-OH is 11. The molecule has 0 spiro atoms. The number of carbonyl (C=O) groups is 1. The molecule has 0 aliphatic carbocycles. The summed E-state index contributed by atoms with van der Waals surface area (Å²) in [6.45, 7) is 1.70. The second-order valence-corrected chi connectivity index (χ2v) is 22.5. The van der Waals surface area contributed by atoms with Crippen molar-refractivity contribution < 1.29 is 89.4 Å². The van der Waals surface area contributed by atoms with E-state index < -0.39 is 124 Å². The van der Waals surface area contributed by atoms with Crippen molar-refractivity contribution in [2.45, 2.75) is 324 Å². The third-order valence-electron chi connectivity index (χ3n) is 15.7. The molecule has 3 rings (SSSR count). The van der Waals surface area contributed by atoms with E-state index in [0.29, 0.717) is 6.42 Å². The number of nitrogens with one attached hydrogen (secondary N) is 1. The first-order valence-corrected chi connectivity index (χ1v) is 31.1. The Morgan fingerprint density at radius 1 is 0.443 bits per heavy atom. The van der Waals surface area contributed by atoms with E-state index in [1.165, 1.54) is 128 Å². The Balaban J connectivity index is 1.48. The SMILES string of the molecule is CCCCC/C=C\CCCCCCCC(=O)NC(COC1OC(CO)C(OC2OC(CO)C(OC3OC(CO)C(O)C(O)C3O)C(O)C2O)C(O)C1O)C(O)/C=C/CCCCCCCCCCCCCCCCCCCCCC. The maximum absolute atomic E-state index is 13.3. The minimum absolute atomic E-state index is 0.234. The average molecular weight is 1130 g/mol. The van der Waals surface area contributed by atoms with Crippen molar-refractivity contribution in [1.82, 2.24) is 5.32 Å². The van der Waals surface area contributed by atoms with Gasteiger partial charge in [0.1, 0.15) is 73.2 Å². The zero-order valence-corrected chi connectivity index (χ0v) is 48.4. The van der Waals surface area contributed by atoms with E-state index in [2.05, 4.69) is 31.3 Å². The highest BCUT2D eigenvalue weighted by atomic mass is 16.8. The number of allylic oxidation sites excluding steroid dienone is 3. The molecule has 19 nitrogen and oxygen atoms in total. The van der Waals surface area contributed by atoms with Crippen LogP contribution in [0, 0.1) is 0 Å². The zero-order chi connectivity index (χ0) is 57.6. The minimum atomic E-state index is -1.98. The van der Waals surface area contributed by atoms with Gasteiger partial charge in [-0.05, 0) is 44.9 Å². The summed E-state index contributed by atoms with van der Waals surface area (Å²) in [5, 5.41) is 120. The van der Waals surface area contributed by atoms with E-state index in [9.17, 15) is 61.0 Å². The summed E-state index contributed by atoms with van der Waals surface area (Å²) in [7, 11) is 0. The monoisotopic (exact) mass is 1130 g/mol. The molecule has 0 aromatic heterocycles. The molecule has 17 unspecified atom stereocenters. The molecule has 464 valence electrons. The van der Waals surface area contributed by atoms with Gasteiger partial charge in [0.05, 0.1) is 38.6 Å². The normalized spacial score (nSPS) is 30.4. The molecule has 0 bridgehead atoms. The van der Waals surface area contributed by atoms with Gasteiger partial charge in [-0.1, -0.05) is 192 Å². The number of carbonyl (C=O) groups excluding carboxylic acids is 1. The van der Waals surface area contributed by atoms with Gasteiger partial charge in [0, 0.05) is 6.42 Å². The van der Waals surface area contributed by atoms with Crippen LogP contribution < -0.4 is 5.32 Å². The Kier molecular flexibility index (Phi) is 39.7. The van der Waals surface area contributed by atoms with Crippen LogP contribution in [-0.2, 0) is 33.2 Å². The van der Waals surface area contributed by atoms with Gasteiger partial charge in [-0.15, -0.1) is 0 Å². The first kappa shape index (κ1) is 71.5. The Morgan fingerprint density at radius 2 is 0.797 bits per heavy atom. The van der Waals surface area contributed by atoms with Gasteiger partial charge < -0.3 is 89.9 Å². The average Bonchev–Trinajstić information content (AvgIpc) is 3.57. The van der Waals surface area contributed by atoms with E-state index in [1.807, 2.05) is 6.08 Å². The molecule has 0 aromatic rings. The highest BCUT2D eigenvalue weighted by molar-refractivity contribution is 5.76. The van der Waals surface area contributed by atoms with Crippen molar-refractivity contribution in [3.8, 4) is 0 Å². The van der Waals surface area contributed by atoms with Crippen LogP contribution in [0.4, 0.5) is 0 Å². The minimum Gasteiger partial charge on any atom is -0.394 e. The number of rotatable bonds is 46. The summed E-state index contributed by atoms with van der Waals surface area (Å²) in [5.41, 5.74) is 0. The second kappa shape index (κ2) is 43.8. The molecule has 12 N–H and O–H groups in total. The van der Waals surface area contributed by atoms with Crippen LogP contribution in [0.1, 0.15) is 219 Å². The number of aliphatic hydroxyl groups is 11. The number of hydrogen-bond acceptors (Lipinski definition) is 18. The van der Waals surface area contributed by atoms with E-state index in [-0.39, 0.29) is 18.9 Å². The number of ether oxygens (including phenoxy) is 6. The summed E-state index contributed by atoms with van der Waals surface area (Å²) < 4.78 is 34.2. The lowest BCUT2D eigenvalue weighted by Gasteiger charge is -2.48. The predicted octanol–water partition coefficient (Wildman–Crippen LogP) is 5.93. The summed E-state index contributed by atoms with van der Waals surface area (Å²) in [6.07, 6.45) is 18.8. The lowest BCUT2D eigenvalue weighted by Crippen LogP contribution is -2.66. The Labute approximate surface area is 473 Å². The molecule has 3 aliphatic heterocycles. The van der Waals surface area contributed by atoms with Crippen LogP contribution in [0.3, 0.4) is 0 Å². The molecular formula is C60H111NO18. The first-order chi connectivity index (χ1) is 38.3. The lowest BCUT2D eigenvalue weighted by atomic mass is 9.96. The molecule has 3 fully saturated rings. The molecule has 1 amide bonds. The van der Waals surface area contributed by atoms with Crippen LogP contribution >= 0.6 is 0 Å². The Morgan fingerprint density at radius 3 is 1.25 bits per heavy atom. The smallest absolute Gasteiger partial charge is 0.220 e. The van der Waals surface area contributed by atoms with Gasteiger partial charge in [-0.2, -0.15) is 0 Å².